The fraction of sp³-hybridized carbons (Fsp3) is 0.227. The topological polar surface area (TPSA) is 82.7 Å². The number of carbonyl (C=O) groups is 1. The minimum atomic E-state index is -3.11. The van der Waals surface area contributed by atoms with Crippen LogP contribution in [0.25, 0.3) is 28.2 Å². The van der Waals surface area contributed by atoms with Gasteiger partial charge in [-0.05, 0) is 31.2 Å². The number of rotatable bonds is 7. The molecule has 1 amide bonds. The number of ether oxygens (including phenoxy) is 2. The third-order valence-electron chi connectivity index (χ3n) is 4.88. The summed E-state index contributed by atoms with van der Waals surface area (Å²) < 4.78 is 39.9. The lowest BCUT2D eigenvalue weighted by atomic mass is 10.1. The Bertz CT molecular complexity index is 1280. The lowest BCUT2D eigenvalue weighted by Crippen LogP contribution is -2.24. The summed E-state index contributed by atoms with van der Waals surface area (Å²) >= 11 is 0. The number of hydrogen-bond acceptors (Lipinski definition) is 5. The quantitative estimate of drug-likeness (QED) is 0.472. The standard InChI is InChI=1S/C22H21F2N5O3/c1-4-25-21(30)20-17(31-3)7-14(8-18(20)32-22(23)24)16-10-26-19-9-13(5-6-29(16)19)15-11-28(2)12-27-15/h5-12,22H,4H2,1-3H3,(H,25,30). The van der Waals surface area contributed by atoms with E-state index in [9.17, 15) is 13.6 Å². The third kappa shape index (κ3) is 3.98. The number of fused-ring (bicyclic) bond motifs is 1. The number of halogens is 2. The molecule has 3 aromatic heterocycles. The molecule has 0 atom stereocenters. The number of alkyl halides is 2. The molecule has 0 spiro atoms. The predicted octanol–water partition coefficient (Wildman–Crippen LogP) is 3.76. The number of hydrogen-bond donors (Lipinski definition) is 1. The maximum Gasteiger partial charge on any atom is 0.387 e. The van der Waals surface area contributed by atoms with Gasteiger partial charge in [-0.3, -0.25) is 9.20 Å². The molecule has 0 saturated heterocycles. The van der Waals surface area contributed by atoms with Crippen LogP contribution < -0.4 is 14.8 Å². The van der Waals surface area contributed by atoms with E-state index in [2.05, 4.69) is 20.0 Å². The molecule has 0 radical (unpaired) electrons. The van der Waals surface area contributed by atoms with Gasteiger partial charge in [-0.1, -0.05) is 0 Å². The van der Waals surface area contributed by atoms with E-state index in [-0.39, 0.29) is 17.1 Å². The molecule has 4 rings (SSSR count). The van der Waals surface area contributed by atoms with E-state index in [0.29, 0.717) is 23.4 Å². The number of amides is 1. The Hall–Kier alpha value is -3.95. The van der Waals surface area contributed by atoms with Gasteiger partial charge >= 0.3 is 6.61 Å². The highest BCUT2D eigenvalue weighted by Gasteiger charge is 2.23. The summed E-state index contributed by atoms with van der Waals surface area (Å²) in [6.07, 6.45) is 7.04. The number of nitrogens with zero attached hydrogens (tertiary/aromatic N) is 4. The summed E-state index contributed by atoms with van der Waals surface area (Å²) in [7, 11) is 3.25. The smallest absolute Gasteiger partial charge is 0.387 e. The van der Waals surface area contributed by atoms with Crippen LogP contribution in [0, 0.1) is 0 Å². The highest BCUT2D eigenvalue weighted by molar-refractivity contribution is 6.00. The Morgan fingerprint density at radius 1 is 1.19 bits per heavy atom. The van der Waals surface area contributed by atoms with E-state index >= 15 is 0 Å². The van der Waals surface area contributed by atoms with Gasteiger partial charge < -0.3 is 19.4 Å². The molecule has 0 fully saturated rings. The Labute approximate surface area is 182 Å². The number of aryl methyl sites for hydroxylation is 1. The molecule has 0 bridgehead atoms. The molecule has 0 unspecified atom stereocenters. The summed E-state index contributed by atoms with van der Waals surface area (Å²) in [5.74, 6) is -0.728. The van der Waals surface area contributed by atoms with Crippen molar-refractivity contribution < 1.29 is 23.0 Å². The number of methoxy groups -OCH3 is 1. The summed E-state index contributed by atoms with van der Waals surface area (Å²) in [5.41, 5.74) is 3.37. The molecule has 1 aromatic carbocycles. The number of carbonyl (C=O) groups excluding carboxylic acids is 1. The Balaban J connectivity index is 1.82. The van der Waals surface area contributed by atoms with Crippen LogP contribution in [0.2, 0.25) is 0 Å². The Morgan fingerprint density at radius 3 is 2.62 bits per heavy atom. The highest BCUT2D eigenvalue weighted by atomic mass is 19.3. The number of aromatic nitrogens is 4. The van der Waals surface area contributed by atoms with Crippen LogP contribution in [0.15, 0.2) is 49.2 Å². The van der Waals surface area contributed by atoms with Gasteiger partial charge in [0.1, 0.15) is 22.7 Å². The molecule has 3 heterocycles. The minimum absolute atomic E-state index is 0.0929. The SMILES string of the molecule is CCNC(=O)c1c(OC)cc(-c2cnc3cc(-c4cn(C)cn4)ccn23)cc1OC(F)F. The van der Waals surface area contributed by atoms with Crippen molar-refractivity contribution in [1.29, 1.82) is 0 Å². The van der Waals surface area contributed by atoms with E-state index in [1.807, 2.05) is 36.1 Å². The van der Waals surface area contributed by atoms with E-state index in [1.165, 1.54) is 13.2 Å². The summed E-state index contributed by atoms with van der Waals surface area (Å²) in [6, 6.07) is 6.74. The van der Waals surface area contributed by atoms with Crippen molar-refractivity contribution in [3.63, 3.8) is 0 Å². The van der Waals surface area contributed by atoms with Gasteiger partial charge in [-0.15, -0.1) is 0 Å². The average Bonchev–Trinajstić information content (AvgIpc) is 3.38. The van der Waals surface area contributed by atoms with E-state index in [0.717, 1.165) is 11.3 Å². The van der Waals surface area contributed by atoms with Crippen LogP contribution >= 0.6 is 0 Å². The van der Waals surface area contributed by atoms with Gasteiger partial charge in [-0.25, -0.2) is 9.97 Å². The zero-order valence-corrected chi connectivity index (χ0v) is 17.7. The van der Waals surface area contributed by atoms with Crippen LogP contribution in [0.5, 0.6) is 11.5 Å². The first-order valence-electron chi connectivity index (χ1n) is 9.82. The van der Waals surface area contributed by atoms with E-state index < -0.39 is 12.5 Å². The molecular formula is C22H21F2N5O3. The van der Waals surface area contributed by atoms with Gasteiger partial charge in [0.25, 0.3) is 5.91 Å². The zero-order chi connectivity index (χ0) is 22.8. The number of imidazole rings is 2. The molecule has 4 aromatic rings. The number of benzene rings is 1. The molecule has 0 saturated carbocycles. The van der Waals surface area contributed by atoms with Gasteiger partial charge in [0.15, 0.2) is 0 Å². The summed E-state index contributed by atoms with van der Waals surface area (Å²) in [5, 5.41) is 2.59. The monoisotopic (exact) mass is 441 g/mol. The van der Waals surface area contributed by atoms with E-state index in [1.54, 1.807) is 29.9 Å². The van der Waals surface area contributed by atoms with Crippen LogP contribution in [0.3, 0.4) is 0 Å². The van der Waals surface area contributed by atoms with Crippen molar-refractivity contribution in [2.75, 3.05) is 13.7 Å². The number of nitrogens with one attached hydrogen (secondary N) is 1. The predicted molar refractivity (Wildman–Crippen MR) is 114 cm³/mol. The minimum Gasteiger partial charge on any atom is -0.496 e. The number of pyridine rings is 1. The molecule has 0 aliphatic rings. The molecule has 0 aliphatic heterocycles. The van der Waals surface area contributed by atoms with Gasteiger partial charge in [-0.2, -0.15) is 8.78 Å². The Morgan fingerprint density at radius 2 is 1.97 bits per heavy atom. The van der Waals surface area contributed by atoms with Crippen molar-refractivity contribution in [3.8, 4) is 34.0 Å². The van der Waals surface area contributed by atoms with E-state index in [4.69, 9.17) is 4.74 Å². The maximum absolute atomic E-state index is 13.1. The van der Waals surface area contributed by atoms with Crippen molar-refractivity contribution in [2.24, 2.45) is 7.05 Å². The van der Waals surface area contributed by atoms with Crippen LogP contribution in [-0.4, -0.2) is 45.1 Å². The molecule has 8 nitrogen and oxygen atoms in total. The summed E-state index contributed by atoms with van der Waals surface area (Å²) in [4.78, 5) is 21.3. The largest absolute Gasteiger partial charge is 0.496 e. The summed E-state index contributed by atoms with van der Waals surface area (Å²) in [6.45, 7) is -1.06. The van der Waals surface area contributed by atoms with Crippen LogP contribution in [0.4, 0.5) is 8.78 Å². The molecular weight excluding hydrogens is 420 g/mol. The van der Waals surface area contributed by atoms with Crippen LogP contribution in [-0.2, 0) is 7.05 Å². The van der Waals surface area contributed by atoms with Crippen molar-refractivity contribution in [3.05, 3.63) is 54.7 Å². The molecule has 10 heteroatoms. The zero-order valence-electron chi connectivity index (χ0n) is 17.7. The second-order valence-electron chi connectivity index (χ2n) is 7.00. The average molecular weight is 441 g/mol. The third-order valence-corrected chi connectivity index (χ3v) is 4.88. The first-order chi connectivity index (χ1) is 15.4. The maximum atomic E-state index is 13.1. The Kier molecular flexibility index (Phi) is 5.76. The van der Waals surface area contributed by atoms with Gasteiger partial charge in [0.2, 0.25) is 0 Å². The van der Waals surface area contributed by atoms with Crippen molar-refractivity contribution in [1.82, 2.24) is 24.3 Å². The normalized spacial score (nSPS) is 11.2. The van der Waals surface area contributed by atoms with Crippen LogP contribution in [0.1, 0.15) is 17.3 Å². The first-order valence-corrected chi connectivity index (χ1v) is 9.82. The molecule has 32 heavy (non-hydrogen) atoms. The second-order valence-corrected chi connectivity index (χ2v) is 7.00. The molecule has 1 N–H and O–H groups in total. The second kappa shape index (κ2) is 8.66. The van der Waals surface area contributed by atoms with Crippen molar-refractivity contribution >= 4 is 11.6 Å². The first kappa shape index (κ1) is 21.3. The fourth-order valence-electron chi connectivity index (χ4n) is 3.48. The van der Waals surface area contributed by atoms with Gasteiger partial charge in [0.05, 0.1) is 31.0 Å². The fourth-order valence-corrected chi connectivity index (χ4v) is 3.48. The molecule has 166 valence electrons. The van der Waals surface area contributed by atoms with Gasteiger partial charge in [0, 0.05) is 37.1 Å². The lowest BCUT2D eigenvalue weighted by molar-refractivity contribution is -0.0502. The molecule has 0 aliphatic carbocycles. The highest BCUT2D eigenvalue weighted by Crippen LogP contribution is 2.36. The lowest BCUT2D eigenvalue weighted by Gasteiger charge is -2.16. The van der Waals surface area contributed by atoms with Crippen molar-refractivity contribution in [2.45, 2.75) is 13.5 Å².